The monoisotopic (exact) mass is 294 g/mol. The van der Waals surface area contributed by atoms with E-state index in [2.05, 4.69) is 10.3 Å². The molecule has 2 aromatic rings. The minimum Gasteiger partial charge on any atom is -0.480 e. The second kappa shape index (κ2) is 6.58. The standard InChI is InChI=1S/C13H14N2O2S2/c1-9(12(16)17)18-7-11-8-19-13(15-11)14-10-5-3-2-4-6-10/h2-6,8-9H,7H2,1H3,(H,14,15)(H,16,17)/t9-/m1/s1. The van der Waals surface area contributed by atoms with Gasteiger partial charge in [-0.1, -0.05) is 18.2 Å². The second-order valence-corrected chi connectivity index (χ2v) is 6.11. The van der Waals surface area contributed by atoms with Crippen LogP contribution in [-0.2, 0) is 10.5 Å². The van der Waals surface area contributed by atoms with Crippen molar-refractivity contribution in [1.82, 2.24) is 4.98 Å². The molecule has 1 atom stereocenters. The van der Waals surface area contributed by atoms with Crippen molar-refractivity contribution in [1.29, 1.82) is 0 Å². The van der Waals surface area contributed by atoms with E-state index in [-0.39, 0.29) is 0 Å². The Bertz CT molecular complexity index is 543. The van der Waals surface area contributed by atoms with Crippen LogP contribution in [0.2, 0.25) is 0 Å². The number of anilines is 2. The summed E-state index contributed by atoms with van der Waals surface area (Å²) < 4.78 is 0. The normalized spacial score (nSPS) is 12.1. The zero-order valence-corrected chi connectivity index (χ0v) is 12.0. The van der Waals surface area contributed by atoms with E-state index < -0.39 is 11.2 Å². The van der Waals surface area contributed by atoms with E-state index in [1.54, 1.807) is 6.92 Å². The fraction of sp³-hybridized carbons (Fsp3) is 0.231. The number of benzene rings is 1. The molecule has 100 valence electrons. The number of hydrogen-bond acceptors (Lipinski definition) is 5. The van der Waals surface area contributed by atoms with Gasteiger partial charge in [0, 0.05) is 16.8 Å². The highest BCUT2D eigenvalue weighted by atomic mass is 32.2. The van der Waals surface area contributed by atoms with Crippen LogP contribution in [-0.4, -0.2) is 21.3 Å². The molecule has 0 aliphatic carbocycles. The maximum Gasteiger partial charge on any atom is 0.316 e. The van der Waals surface area contributed by atoms with Gasteiger partial charge >= 0.3 is 5.97 Å². The molecule has 0 aliphatic heterocycles. The first-order chi connectivity index (χ1) is 9.15. The molecule has 2 N–H and O–H groups in total. The third-order valence-corrected chi connectivity index (χ3v) is 4.38. The summed E-state index contributed by atoms with van der Waals surface area (Å²) in [6, 6.07) is 9.83. The summed E-state index contributed by atoms with van der Waals surface area (Å²) in [5, 5.41) is 14.4. The lowest BCUT2D eigenvalue weighted by molar-refractivity contribution is -0.136. The van der Waals surface area contributed by atoms with E-state index in [0.717, 1.165) is 16.5 Å². The summed E-state index contributed by atoms with van der Waals surface area (Å²) in [6.45, 7) is 1.68. The quantitative estimate of drug-likeness (QED) is 0.852. The fourth-order valence-electron chi connectivity index (χ4n) is 1.36. The van der Waals surface area contributed by atoms with Gasteiger partial charge in [0.05, 0.1) is 10.9 Å². The molecule has 19 heavy (non-hydrogen) atoms. The summed E-state index contributed by atoms with van der Waals surface area (Å²) in [5.74, 6) is -0.177. The Morgan fingerprint density at radius 3 is 2.89 bits per heavy atom. The van der Waals surface area contributed by atoms with Gasteiger partial charge in [0.25, 0.3) is 0 Å². The van der Waals surface area contributed by atoms with Crippen molar-refractivity contribution >= 4 is 39.9 Å². The molecule has 0 bridgehead atoms. The highest BCUT2D eigenvalue weighted by molar-refractivity contribution is 7.99. The molecule has 4 nitrogen and oxygen atoms in total. The number of thiazole rings is 1. The first-order valence-corrected chi connectivity index (χ1v) is 7.69. The van der Waals surface area contributed by atoms with Gasteiger partial charge in [0.2, 0.25) is 0 Å². The molecule has 1 heterocycles. The molecular formula is C13H14N2O2S2. The van der Waals surface area contributed by atoms with Gasteiger partial charge in [0.15, 0.2) is 5.13 Å². The van der Waals surface area contributed by atoms with Crippen LogP contribution in [0.1, 0.15) is 12.6 Å². The molecule has 0 amide bonds. The average Bonchev–Trinajstić information content (AvgIpc) is 2.84. The molecular weight excluding hydrogens is 280 g/mol. The number of rotatable bonds is 6. The summed E-state index contributed by atoms with van der Waals surface area (Å²) in [4.78, 5) is 15.1. The van der Waals surface area contributed by atoms with Crippen molar-refractivity contribution in [3.05, 3.63) is 41.4 Å². The molecule has 0 saturated carbocycles. The second-order valence-electron chi connectivity index (χ2n) is 3.93. The molecule has 2 rings (SSSR count). The minimum atomic E-state index is -0.789. The SMILES string of the molecule is C[C@@H](SCc1csc(Nc2ccccc2)n1)C(=O)O. The lowest BCUT2D eigenvalue weighted by Gasteiger charge is -2.03. The number of nitrogens with zero attached hydrogens (tertiary/aromatic N) is 1. The number of carbonyl (C=O) groups is 1. The first kappa shape index (κ1) is 13.9. The third-order valence-electron chi connectivity index (χ3n) is 2.41. The number of nitrogens with one attached hydrogen (secondary N) is 1. The third kappa shape index (κ3) is 4.25. The molecule has 0 aliphatic rings. The van der Waals surface area contributed by atoms with Crippen molar-refractivity contribution in [3.63, 3.8) is 0 Å². The lowest BCUT2D eigenvalue weighted by atomic mass is 10.3. The van der Waals surface area contributed by atoms with E-state index in [4.69, 9.17) is 5.11 Å². The Kier molecular flexibility index (Phi) is 4.81. The Morgan fingerprint density at radius 1 is 1.47 bits per heavy atom. The van der Waals surface area contributed by atoms with Gasteiger partial charge in [-0.05, 0) is 19.1 Å². The van der Waals surface area contributed by atoms with E-state index in [1.165, 1.54) is 23.1 Å². The van der Waals surface area contributed by atoms with Crippen LogP contribution < -0.4 is 5.32 Å². The highest BCUT2D eigenvalue weighted by Gasteiger charge is 2.12. The largest absolute Gasteiger partial charge is 0.480 e. The van der Waals surface area contributed by atoms with Crippen molar-refractivity contribution in [2.24, 2.45) is 0 Å². The summed E-state index contributed by atoms with van der Waals surface area (Å²) in [7, 11) is 0. The maximum atomic E-state index is 10.7. The number of thioether (sulfide) groups is 1. The number of aromatic nitrogens is 1. The summed E-state index contributed by atoms with van der Waals surface area (Å²) in [6.07, 6.45) is 0. The predicted octanol–water partition coefficient (Wildman–Crippen LogP) is 3.59. The van der Waals surface area contributed by atoms with Gasteiger partial charge in [-0.2, -0.15) is 0 Å². The van der Waals surface area contributed by atoms with Gasteiger partial charge in [0.1, 0.15) is 0 Å². The Morgan fingerprint density at radius 2 is 2.21 bits per heavy atom. The zero-order chi connectivity index (χ0) is 13.7. The average molecular weight is 294 g/mol. The van der Waals surface area contributed by atoms with Crippen LogP contribution in [0.15, 0.2) is 35.7 Å². The van der Waals surface area contributed by atoms with Crippen LogP contribution in [0.3, 0.4) is 0 Å². The maximum absolute atomic E-state index is 10.7. The Hall–Kier alpha value is -1.53. The molecule has 0 unspecified atom stereocenters. The van der Waals surface area contributed by atoms with E-state index in [0.29, 0.717) is 5.75 Å². The molecule has 0 fully saturated rings. The number of carboxylic acid groups (broad SMARTS) is 1. The lowest BCUT2D eigenvalue weighted by Crippen LogP contribution is -2.11. The minimum absolute atomic E-state index is 0.410. The van der Waals surface area contributed by atoms with E-state index >= 15 is 0 Å². The molecule has 1 aromatic heterocycles. The van der Waals surface area contributed by atoms with Gasteiger partial charge in [-0.25, -0.2) is 4.98 Å². The van der Waals surface area contributed by atoms with Gasteiger partial charge in [-0.15, -0.1) is 23.1 Å². The number of carboxylic acids is 1. The number of aliphatic carboxylic acids is 1. The van der Waals surface area contributed by atoms with Crippen LogP contribution in [0, 0.1) is 0 Å². The number of para-hydroxylation sites is 1. The Labute approximate surface area is 119 Å². The van der Waals surface area contributed by atoms with Gasteiger partial charge < -0.3 is 10.4 Å². The highest BCUT2D eigenvalue weighted by Crippen LogP contribution is 2.24. The fourth-order valence-corrected chi connectivity index (χ4v) is 2.90. The van der Waals surface area contributed by atoms with Gasteiger partial charge in [-0.3, -0.25) is 4.79 Å². The van der Waals surface area contributed by atoms with E-state index in [1.807, 2.05) is 35.7 Å². The first-order valence-electron chi connectivity index (χ1n) is 5.76. The smallest absolute Gasteiger partial charge is 0.316 e. The van der Waals surface area contributed by atoms with Crippen molar-refractivity contribution in [3.8, 4) is 0 Å². The van der Waals surface area contributed by atoms with E-state index in [9.17, 15) is 4.79 Å². The topological polar surface area (TPSA) is 62.2 Å². The Balaban J connectivity index is 1.90. The molecule has 1 aromatic carbocycles. The predicted molar refractivity (Wildman–Crippen MR) is 80.2 cm³/mol. The van der Waals surface area contributed by atoms with Crippen molar-refractivity contribution in [2.45, 2.75) is 17.9 Å². The molecule has 6 heteroatoms. The number of hydrogen-bond donors (Lipinski definition) is 2. The molecule has 0 saturated heterocycles. The summed E-state index contributed by atoms with van der Waals surface area (Å²) in [5.41, 5.74) is 1.90. The zero-order valence-electron chi connectivity index (χ0n) is 10.4. The van der Waals surface area contributed by atoms with Crippen LogP contribution in [0.25, 0.3) is 0 Å². The van der Waals surface area contributed by atoms with Crippen LogP contribution in [0.4, 0.5) is 10.8 Å². The molecule has 0 spiro atoms. The molecule has 0 radical (unpaired) electrons. The van der Waals surface area contributed by atoms with Crippen LogP contribution >= 0.6 is 23.1 Å². The van der Waals surface area contributed by atoms with Crippen molar-refractivity contribution in [2.75, 3.05) is 5.32 Å². The van der Waals surface area contributed by atoms with Crippen LogP contribution in [0.5, 0.6) is 0 Å². The van der Waals surface area contributed by atoms with Crippen molar-refractivity contribution < 1.29 is 9.90 Å². The summed E-state index contributed by atoms with van der Waals surface area (Å²) >= 11 is 2.90.